The van der Waals surface area contributed by atoms with Crippen molar-refractivity contribution >= 4 is 16.0 Å². The zero-order valence-electron chi connectivity index (χ0n) is 12.0. The number of rotatable bonds is 12. The van der Waals surface area contributed by atoms with Crippen LogP contribution in [0.2, 0.25) is 0 Å². The van der Waals surface area contributed by atoms with Crippen molar-refractivity contribution in [1.82, 2.24) is 5.32 Å². The van der Waals surface area contributed by atoms with E-state index in [0.717, 1.165) is 6.26 Å². The van der Waals surface area contributed by atoms with Gasteiger partial charge < -0.3 is 14.8 Å². The minimum Gasteiger partial charge on any atom is -0.379 e. The Hall–Kier alpha value is -0.960. The van der Waals surface area contributed by atoms with Crippen molar-refractivity contribution in [2.45, 2.75) is 19.4 Å². The van der Waals surface area contributed by atoms with E-state index in [0.29, 0.717) is 19.8 Å². The highest BCUT2D eigenvalue weighted by Crippen LogP contribution is 2.02. The van der Waals surface area contributed by atoms with Gasteiger partial charge in [0.2, 0.25) is 5.91 Å². The van der Waals surface area contributed by atoms with Gasteiger partial charge in [-0.15, -0.1) is 6.58 Å². The lowest BCUT2D eigenvalue weighted by molar-refractivity contribution is -0.124. The maximum absolute atomic E-state index is 11.6. The van der Waals surface area contributed by atoms with Crippen LogP contribution in [0.1, 0.15) is 13.3 Å². The highest BCUT2D eigenvalue weighted by atomic mass is 32.2. The van der Waals surface area contributed by atoms with Crippen LogP contribution in [0, 0.1) is 0 Å². The normalized spacial score (nSPS) is 12.9. The molecule has 1 amide bonds. The van der Waals surface area contributed by atoms with E-state index in [9.17, 15) is 13.2 Å². The van der Waals surface area contributed by atoms with Gasteiger partial charge in [-0.05, 0) is 6.92 Å². The van der Waals surface area contributed by atoms with E-state index in [4.69, 9.17) is 9.47 Å². The molecule has 0 aromatic carbocycles. The molecule has 0 spiro atoms. The fourth-order valence-electron chi connectivity index (χ4n) is 1.25. The van der Waals surface area contributed by atoms with Crippen molar-refractivity contribution in [1.29, 1.82) is 0 Å². The van der Waals surface area contributed by atoms with Crippen LogP contribution in [0.25, 0.3) is 0 Å². The fourth-order valence-corrected chi connectivity index (χ4v) is 1.65. The van der Waals surface area contributed by atoms with Gasteiger partial charge in [0.25, 0.3) is 10.1 Å². The third-order valence-corrected chi connectivity index (χ3v) is 2.67. The van der Waals surface area contributed by atoms with E-state index in [1.165, 1.54) is 0 Å². The molecule has 1 atom stereocenters. The highest BCUT2D eigenvalue weighted by Gasteiger charge is 2.17. The number of ether oxygens (including phenoxy) is 2. The van der Waals surface area contributed by atoms with Gasteiger partial charge in [0.15, 0.2) is 0 Å². The van der Waals surface area contributed by atoms with Crippen LogP contribution in [-0.2, 0) is 28.6 Å². The summed E-state index contributed by atoms with van der Waals surface area (Å²) in [6.45, 7) is 6.68. The van der Waals surface area contributed by atoms with E-state index in [1.807, 2.05) is 6.92 Å². The zero-order valence-corrected chi connectivity index (χ0v) is 12.8. The Bertz CT molecular complexity index is 381. The lowest BCUT2D eigenvalue weighted by atomic mass is 10.2. The summed E-state index contributed by atoms with van der Waals surface area (Å²) in [4.78, 5) is 11.6. The molecule has 0 bridgehead atoms. The predicted octanol–water partition coefficient (Wildman–Crippen LogP) is 0.0766. The van der Waals surface area contributed by atoms with Crippen LogP contribution in [0.5, 0.6) is 0 Å². The van der Waals surface area contributed by atoms with Crippen molar-refractivity contribution in [2.24, 2.45) is 0 Å². The van der Waals surface area contributed by atoms with Crippen molar-refractivity contribution < 1.29 is 26.9 Å². The van der Waals surface area contributed by atoms with Gasteiger partial charge in [-0.1, -0.05) is 6.08 Å². The minimum atomic E-state index is -3.57. The predicted molar refractivity (Wildman–Crippen MR) is 74.9 cm³/mol. The number of hydrogen-bond donors (Lipinski definition) is 1. The Morgan fingerprint density at radius 1 is 1.40 bits per heavy atom. The van der Waals surface area contributed by atoms with Gasteiger partial charge in [0, 0.05) is 13.2 Å². The number of carbonyl (C=O) groups is 1. The molecule has 0 aromatic heterocycles. The molecule has 0 heterocycles. The van der Waals surface area contributed by atoms with Gasteiger partial charge in [0.05, 0.1) is 38.6 Å². The fraction of sp³-hybridized carbons (Fsp3) is 0.750. The van der Waals surface area contributed by atoms with E-state index in [1.54, 1.807) is 6.08 Å². The topological polar surface area (TPSA) is 90.9 Å². The molecule has 0 unspecified atom stereocenters. The number of hydrogen-bond acceptors (Lipinski definition) is 6. The standard InChI is InChI=1S/C12H23NO6S/c1-4-6-13-12(14)9-11(10-19-20(3,15)16)18-8-7-17-5-2/h4,11H,1,5-10H2,2-3H3,(H,13,14)/t11-/m0/s1. The summed E-state index contributed by atoms with van der Waals surface area (Å²) in [5, 5.41) is 2.59. The Balaban J connectivity index is 4.22. The van der Waals surface area contributed by atoms with Gasteiger partial charge >= 0.3 is 0 Å². The first kappa shape index (κ1) is 19.0. The molecule has 0 aliphatic heterocycles. The summed E-state index contributed by atoms with van der Waals surface area (Å²) in [5.41, 5.74) is 0. The Morgan fingerprint density at radius 3 is 2.65 bits per heavy atom. The lowest BCUT2D eigenvalue weighted by Crippen LogP contribution is -2.32. The van der Waals surface area contributed by atoms with Crippen LogP contribution in [0.3, 0.4) is 0 Å². The molecule has 0 aromatic rings. The summed E-state index contributed by atoms with van der Waals surface area (Å²) in [6, 6.07) is 0. The van der Waals surface area contributed by atoms with Gasteiger partial charge in [-0.25, -0.2) is 0 Å². The van der Waals surface area contributed by atoms with Crippen molar-refractivity contribution in [3.8, 4) is 0 Å². The first-order valence-electron chi connectivity index (χ1n) is 6.30. The Morgan fingerprint density at radius 2 is 2.10 bits per heavy atom. The molecule has 8 heteroatoms. The third-order valence-electron chi connectivity index (χ3n) is 2.11. The highest BCUT2D eigenvalue weighted by molar-refractivity contribution is 7.85. The zero-order chi connectivity index (χ0) is 15.4. The van der Waals surface area contributed by atoms with Crippen LogP contribution in [0.4, 0.5) is 0 Å². The average Bonchev–Trinajstić information content (AvgIpc) is 2.37. The van der Waals surface area contributed by atoms with Crippen LogP contribution in [-0.4, -0.2) is 59.7 Å². The molecular formula is C12H23NO6S. The number of carbonyl (C=O) groups excluding carboxylic acids is 1. The second kappa shape index (κ2) is 10.8. The molecule has 0 aliphatic carbocycles. The molecule has 7 nitrogen and oxygen atoms in total. The van der Waals surface area contributed by atoms with Gasteiger partial charge in [0.1, 0.15) is 0 Å². The molecule has 1 N–H and O–H groups in total. The Labute approximate surface area is 120 Å². The molecule has 118 valence electrons. The quantitative estimate of drug-likeness (QED) is 0.312. The van der Waals surface area contributed by atoms with E-state index in [2.05, 4.69) is 16.1 Å². The summed E-state index contributed by atoms with van der Waals surface area (Å²) < 4.78 is 37.1. The van der Waals surface area contributed by atoms with Crippen LogP contribution >= 0.6 is 0 Å². The summed E-state index contributed by atoms with van der Waals surface area (Å²) in [5.74, 6) is -0.261. The molecule has 0 radical (unpaired) electrons. The van der Waals surface area contributed by atoms with Gasteiger partial charge in [-0.3, -0.25) is 8.98 Å². The van der Waals surface area contributed by atoms with E-state index in [-0.39, 0.29) is 25.5 Å². The molecule has 0 aliphatic rings. The number of nitrogens with one attached hydrogen (secondary N) is 1. The second-order valence-electron chi connectivity index (χ2n) is 3.98. The monoisotopic (exact) mass is 309 g/mol. The van der Waals surface area contributed by atoms with Crippen LogP contribution < -0.4 is 5.32 Å². The van der Waals surface area contributed by atoms with Crippen molar-refractivity contribution in [3.05, 3.63) is 12.7 Å². The van der Waals surface area contributed by atoms with E-state index < -0.39 is 16.2 Å². The van der Waals surface area contributed by atoms with Gasteiger partial charge in [-0.2, -0.15) is 8.42 Å². The molecule has 0 saturated heterocycles. The minimum absolute atomic E-state index is 0.00941. The van der Waals surface area contributed by atoms with E-state index >= 15 is 0 Å². The molecule has 0 rings (SSSR count). The first-order valence-corrected chi connectivity index (χ1v) is 8.12. The van der Waals surface area contributed by atoms with Crippen LogP contribution in [0.15, 0.2) is 12.7 Å². The SMILES string of the molecule is C=CCNC(=O)C[C@@H](COS(C)(=O)=O)OCCOCC. The Kier molecular flexibility index (Phi) is 10.3. The third kappa shape index (κ3) is 12.1. The maximum atomic E-state index is 11.6. The molecule has 20 heavy (non-hydrogen) atoms. The largest absolute Gasteiger partial charge is 0.379 e. The summed E-state index contributed by atoms with van der Waals surface area (Å²) in [7, 11) is -3.57. The van der Waals surface area contributed by atoms with Crippen molar-refractivity contribution in [3.63, 3.8) is 0 Å². The average molecular weight is 309 g/mol. The molecule has 0 saturated carbocycles. The number of amides is 1. The maximum Gasteiger partial charge on any atom is 0.264 e. The first-order chi connectivity index (χ1) is 9.39. The molecular weight excluding hydrogens is 286 g/mol. The smallest absolute Gasteiger partial charge is 0.264 e. The van der Waals surface area contributed by atoms with Crippen molar-refractivity contribution in [2.75, 3.05) is 39.2 Å². The summed E-state index contributed by atoms with van der Waals surface area (Å²) in [6.07, 6.45) is 1.86. The second-order valence-corrected chi connectivity index (χ2v) is 5.62. The summed E-state index contributed by atoms with van der Waals surface area (Å²) >= 11 is 0. The lowest BCUT2D eigenvalue weighted by Gasteiger charge is -2.17. The molecule has 0 fully saturated rings.